The number of methoxy groups -OCH3 is 1. The molecule has 0 bridgehead atoms. The number of aromatic nitrogens is 1. The van der Waals surface area contributed by atoms with Gasteiger partial charge in [-0.2, -0.15) is 0 Å². The molecule has 1 amide bonds. The highest BCUT2D eigenvalue weighted by Crippen LogP contribution is 2.17. The predicted octanol–water partition coefficient (Wildman–Crippen LogP) is 1.96. The molecule has 0 unspecified atom stereocenters. The third-order valence-electron chi connectivity index (χ3n) is 2.37. The van der Waals surface area contributed by atoms with Crippen LogP contribution in [0.3, 0.4) is 0 Å². The lowest BCUT2D eigenvalue weighted by Crippen LogP contribution is -2.34. The zero-order valence-corrected chi connectivity index (χ0v) is 14.4. The highest BCUT2D eigenvalue weighted by molar-refractivity contribution is 7.09. The minimum absolute atomic E-state index is 0. The van der Waals surface area contributed by atoms with E-state index in [4.69, 9.17) is 4.74 Å². The highest BCUT2D eigenvalue weighted by atomic mass is 35.5. The van der Waals surface area contributed by atoms with Crippen molar-refractivity contribution in [2.75, 3.05) is 26.8 Å². The average molecular weight is 344 g/mol. The van der Waals surface area contributed by atoms with E-state index in [0.29, 0.717) is 32.2 Å². The maximum absolute atomic E-state index is 11.5. The van der Waals surface area contributed by atoms with Crippen molar-refractivity contribution in [1.82, 2.24) is 15.6 Å². The number of hydrogen-bond donors (Lipinski definition) is 2. The van der Waals surface area contributed by atoms with E-state index in [1.165, 1.54) is 0 Å². The molecule has 0 radical (unpaired) electrons. The molecule has 2 N–H and O–H groups in total. The van der Waals surface area contributed by atoms with E-state index in [0.717, 1.165) is 10.7 Å². The Morgan fingerprint density at radius 3 is 2.70 bits per heavy atom. The monoisotopic (exact) mass is 343 g/mol. The van der Waals surface area contributed by atoms with Gasteiger partial charge in [-0.25, -0.2) is 4.98 Å². The maximum atomic E-state index is 11.5. The highest BCUT2D eigenvalue weighted by Gasteiger charge is 2.06. The van der Waals surface area contributed by atoms with Crippen LogP contribution in [0.2, 0.25) is 0 Å². The van der Waals surface area contributed by atoms with Crippen molar-refractivity contribution in [3.05, 3.63) is 16.1 Å². The molecule has 1 heterocycles. The molecule has 0 aliphatic heterocycles. The summed E-state index contributed by atoms with van der Waals surface area (Å²) in [4.78, 5) is 15.9. The molecule has 0 saturated carbocycles. The Labute approximate surface area is 136 Å². The molecule has 1 aromatic rings. The van der Waals surface area contributed by atoms with Crippen molar-refractivity contribution in [2.24, 2.45) is 0 Å². The Balaban J connectivity index is 0. The van der Waals surface area contributed by atoms with Gasteiger partial charge in [0.1, 0.15) is 5.01 Å². The number of thiazole rings is 1. The van der Waals surface area contributed by atoms with Crippen LogP contribution in [0.5, 0.6) is 0 Å². The molecule has 1 rings (SSSR count). The first kappa shape index (κ1) is 21.9. The number of rotatable bonds is 8. The molecule has 0 saturated heterocycles. The first-order chi connectivity index (χ1) is 8.63. The molecule has 8 heteroatoms. The van der Waals surface area contributed by atoms with Crippen molar-refractivity contribution < 1.29 is 9.53 Å². The summed E-state index contributed by atoms with van der Waals surface area (Å²) in [6.07, 6.45) is 0. The Hall–Kier alpha value is -0.400. The second-order valence-electron chi connectivity index (χ2n) is 4.27. The van der Waals surface area contributed by atoms with Gasteiger partial charge in [-0.05, 0) is 5.92 Å². The van der Waals surface area contributed by atoms with Gasteiger partial charge in [0.05, 0.1) is 25.4 Å². The van der Waals surface area contributed by atoms with Crippen LogP contribution in [-0.4, -0.2) is 37.7 Å². The zero-order chi connectivity index (χ0) is 13.4. The third kappa shape index (κ3) is 8.71. The maximum Gasteiger partial charge on any atom is 0.234 e. The number of hydrogen-bond acceptors (Lipinski definition) is 5. The van der Waals surface area contributed by atoms with Crippen LogP contribution >= 0.6 is 36.2 Å². The molecule has 0 aliphatic carbocycles. The van der Waals surface area contributed by atoms with Crippen LogP contribution < -0.4 is 10.6 Å². The lowest BCUT2D eigenvalue weighted by atomic mass is 10.2. The quantitative estimate of drug-likeness (QED) is 0.708. The molecule has 0 aromatic carbocycles. The van der Waals surface area contributed by atoms with Gasteiger partial charge in [-0.15, -0.1) is 36.2 Å². The third-order valence-corrected chi connectivity index (χ3v) is 3.23. The van der Waals surface area contributed by atoms with E-state index in [-0.39, 0.29) is 30.7 Å². The largest absolute Gasteiger partial charge is 0.383 e. The second-order valence-corrected chi connectivity index (χ2v) is 5.21. The number of nitrogens with one attached hydrogen (secondary N) is 2. The molecular weight excluding hydrogens is 321 g/mol. The normalized spacial score (nSPS) is 9.80. The van der Waals surface area contributed by atoms with Crippen LogP contribution in [0, 0.1) is 0 Å². The summed E-state index contributed by atoms with van der Waals surface area (Å²) in [5.41, 5.74) is 1.09. The molecular formula is C12H23Cl2N3O2S. The van der Waals surface area contributed by atoms with Crippen LogP contribution in [0.15, 0.2) is 5.38 Å². The van der Waals surface area contributed by atoms with Crippen LogP contribution in [0.4, 0.5) is 0 Å². The van der Waals surface area contributed by atoms with E-state index in [1.54, 1.807) is 18.4 Å². The summed E-state index contributed by atoms with van der Waals surface area (Å²) >= 11 is 1.59. The summed E-state index contributed by atoms with van der Waals surface area (Å²) in [6.45, 7) is 6.32. The number of carbonyl (C=O) groups is 1. The van der Waals surface area contributed by atoms with Crippen molar-refractivity contribution in [2.45, 2.75) is 26.3 Å². The Kier molecular flexibility index (Phi) is 13.5. The van der Waals surface area contributed by atoms with Crippen molar-refractivity contribution in [1.29, 1.82) is 0 Å². The number of halogens is 2. The first-order valence-corrected chi connectivity index (χ1v) is 6.92. The lowest BCUT2D eigenvalue weighted by molar-refractivity contribution is -0.120. The van der Waals surface area contributed by atoms with Gasteiger partial charge in [0.25, 0.3) is 0 Å². The minimum atomic E-state index is -0.0209. The van der Waals surface area contributed by atoms with Gasteiger partial charge < -0.3 is 15.4 Å². The van der Waals surface area contributed by atoms with Gasteiger partial charge in [0, 0.05) is 19.0 Å². The number of amides is 1. The van der Waals surface area contributed by atoms with Gasteiger partial charge in [-0.1, -0.05) is 13.8 Å². The van der Waals surface area contributed by atoms with Gasteiger partial charge in [0.15, 0.2) is 0 Å². The fourth-order valence-corrected chi connectivity index (χ4v) is 2.18. The fourth-order valence-electron chi connectivity index (χ4n) is 1.28. The fraction of sp³-hybridized carbons (Fsp3) is 0.667. The second kappa shape index (κ2) is 12.3. The molecule has 0 fully saturated rings. The van der Waals surface area contributed by atoms with Gasteiger partial charge in [-0.3, -0.25) is 4.79 Å². The SMILES string of the molecule is COCCNCC(=O)NCc1nc(C(C)C)cs1.Cl.Cl. The molecule has 0 spiro atoms. The van der Waals surface area contributed by atoms with E-state index in [2.05, 4.69) is 29.5 Å². The van der Waals surface area contributed by atoms with Gasteiger partial charge in [0.2, 0.25) is 5.91 Å². The summed E-state index contributed by atoms with van der Waals surface area (Å²) in [7, 11) is 1.64. The zero-order valence-electron chi connectivity index (χ0n) is 12.0. The number of carbonyl (C=O) groups excluding carboxylic acids is 1. The van der Waals surface area contributed by atoms with Crippen molar-refractivity contribution in [3.8, 4) is 0 Å². The predicted molar refractivity (Wildman–Crippen MR) is 87.3 cm³/mol. The molecule has 118 valence electrons. The average Bonchev–Trinajstić information content (AvgIpc) is 2.81. The smallest absolute Gasteiger partial charge is 0.234 e. The summed E-state index contributed by atoms with van der Waals surface area (Å²) in [5.74, 6) is 0.411. The van der Waals surface area contributed by atoms with E-state index < -0.39 is 0 Å². The Morgan fingerprint density at radius 1 is 1.45 bits per heavy atom. The summed E-state index contributed by atoms with van der Waals surface area (Å²) in [6, 6.07) is 0. The topological polar surface area (TPSA) is 63.2 Å². The lowest BCUT2D eigenvalue weighted by Gasteiger charge is -2.04. The number of nitrogens with zero attached hydrogens (tertiary/aromatic N) is 1. The first-order valence-electron chi connectivity index (χ1n) is 6.04. The van der Waals surface area contributed by atoms with Crippen molar-refractivity contribution >= 4 is 42.1 Å². The van der Waals surface area contributed by atoms with E-state index >= 15 is 0 Å². The summed E-state index contributed by atoms with van der Waals surface area (Å²) in [5, 5.41) is 8.82. The minimum Gasteiger partial charge on any atom is -0.383 e. The molecule has 0 aliphatic rings. The van der Waals surface area contributed by atoms with Crippen LogP contribution in [-0.2, 0) is 16.1 Å². The van der Waals surface area contributed by atoms with E-state index in [1.807, 2.05) is 5.38 Å². The van der Waals surface area contributed by atoms with E-state index in [9.17, 15) is 4.79 Å². The van der Waals surface area contributed by atoms with Crippen LogP contribution in [0.25, 0.3) is 0 Å². The molecule has 0 atom stereocenters. The van der Waals surface area contributed by atoms with Crippen molar-refractivity contribution in [3.63, 3.8) is 0 Å². The van der Waals surface area contributed by atoms with Crippen LogP contribution in [0.1, 0.15) is 30.5 Å². The molecule has 1 aromatic heterocycles. The Bertz CT molecular complexity index is 375. The standard InChI is InChI=1S/C12H21N3O2S.2ClH/c1-9(2)10-8-18-12(15-10)7-14-11(16)6-13-4-5-17-3;;/h8-9,13H,4-7H2,1-3H3,(H,14,16);2*1H. The Morgan fingerprint density at radius 2 is 2.15 bits per heavy atom. The number of ether oxygens (including phenoxy) is 1. The summed E-state index contributed by atoms with van der Waals surface area (Å²) < 4.78 is 4.88. The molecule has 5 nitrogen and oxygen atoms in total. The molecule has 20 heavy (non-hydrogen) atoms. The van der Waals surface area contributed by atoms with Gasteiger partial charge >= 0.3 is 0 Å².